The molecule has 1 aromatic rings. The molecule has 0 heterocycles. The van der Waals surface area contributed by atoms with E-state index in [-0.39, 0.29) is 24.7 Å². The molecule has 0 unspecified atom stereocenters. The van der Waals surface area contributed by atoms with E-state index in [9.17, 15) is 13.2 Å². The third-order valence-corrected chi connectivity index (χ3v) is 2.13. The molecule has 2 nitrogen and oxygen atoms in total. The Morgan fingerprint density at radius 2 is 1.94 bits per heavy atom. The van der Waals surface area contributed by atoms with Crippen molar-refractivity contribution in [3.8, 4) is 5.75 Å². The lowest BCUT2D eigenvalue weighted by molar-refractivity contribution is -0.153. The fourth-order valence-electron chi connectivity index (χ4n) is 0.991. The van der Waals surface area contributed by atoms with Crippen molar-refractivity contribution in [1.82, 2.24) is 0 Å². The van der Waals surface area contributed by atoms with Gasteiger partial charge in [0.05, 0.1) is 0 Å². The summed E-state index contributed by atoms with van der Waals surface area (Å²) in [5.41, 5.74) is 5.91. The Balaban J connectivity index is 0.00000225. The molecule has 0 radical (unpaired) electrons. The van der Waals surface area contributed by atoms with E-state index in [0.717, 1.165) is 0 Å². The summed E-state index contributed by atoms with van der Waals surface area (Å²) >= 11 is 3.14. The number of ether oxygens (including phenoxy) is 1. The maximum atomic E-state index is 11.9. The molecule has 0 saturated carbocycles. The minimum absolute atomic E-state index is 0. The van der Waals surface area contributed by atoms with E-state index in [1.165, 1.54) is 6.07 Å². The second-order valence-electron chi connectivity index (χ2n) is 2.86. The first-order valence-electron chi connectivity index (χ1n) is 4.10. The number of benzene rings is 1. The van der Waals surface area contributed by atoms with Gasteiger partial charge in [0.1, 0.15) is 5.75 Å². The molecule has 16 heavy (non-hydrogen) atoms. The molecular weight excluding hydrogens is 310 g/mol. The Morgan fingerprint density at radius 3 is 2.44 bits per heavy atom. The van der Waals surface area contributed by atoms with Crippen molar-refractivity contribution >= 4 is 28.3 Å². The maximum Gasteiger partial charge on any atom is 0.422 e. The molecule has 0 amide bonds. The number of nitrogens with two attached hydrogens (primary N) is 1. The molecule has 0 aromatic heterocycles. The minimum atomic E-state index is -4.34. The van der Waals surface area contributed by atoms with Crippen LogP contribution in [0.2, 0.25) is 0 Å². The summed E-state index contributed by atoms with van der Waals surface area (Å²) in [5, 5.41) is 0. The summed E-state index contributed by atoms with van der Waals surface area (Å²) in [7, 11) is 0. The Hall–Kier alpha value is -0.460. The molecule has 0 saturated heterocycles. The smallest absolute Gasteiger partial charge is 0.422 e. The summed E-state index contributed by atoms with van der Waals surface area (Å²) in [6, 6.07) is 4.78. The van der Waals surface area contributed by atoms with Crippen LogP contribution < -0.4 is 10.5 Å². The van der Waals surface area contributed by atoms with Gasteiger partial charge in [-0.05, 0) is 12.1 Å². The molecule has 0 bridgehead atoms. The van der Waals surface area contributed by atoms with Crippen LogP contribution in [0.15, 0.2) is 22.7 Å². The normalized spacial score (nSPS) is 10.8. The zero-order chi connectivity index (χ0) is 11.5. The first-order valence-corrected chi connectivity index (χ1v) is 4.90. The van der Waals surface area contributed by atoms with Gasteiger partial charge in [-0.15, -0.1) is 12.4 Å². The van der Waals surface area contributed by atoms with Gasteiger partial charge in [0.2, 0.25) is 0 Å². The molecule has 0 aliphatic carbocycles. The number of halogens is 5. The number of hydrogen-bond acceptors (Lipinski definition) is 2. The Kier molecular flexibility index (Phi) is 6.14. The Labute approximate surface area is 105 Å². The molecule has 0 spiro atoms. The van der Waals surface area contributed by atoms with Gasteiger partial charge in [-0.2, -0.15) is 13.2 Å². The third-order valence-electron chi connectivity index (χ3n) is 1.64. The van der Waals surface area contributed by atoms with Crippen molar-refractivity contribution in [3.05, 3.63) is 28.2 Å². The van der Waals surface area contributed by atoms with Crippen LogP contribution in [0, 0.1) is 0 Å². The van der Waals surface area contributed by atoms with Crippen molar-refractivity contribution in [2.75, 3.05) is 6.61 Å². The minimum Gasteiger partial charge on any atom is -0.484 e. The lowest BCUT2D eigenvalue weighted by atomic mass is 10.2. The molecular formula is C9H10BrClF3NO. The van der Waals surface area contributed by atoms with Crippen LogP contribution in [0.5, 0.6) is 5.75 Å². The zero-order valence-electron chi connectivity index (χ0n) is 8.05. The molecule has 0 atom stereocenters. The summed E-state index contributed by atoms with van der Waals surface area (Å²) in [5.74, 6) is 0.157. The van der Waals surface area contributed by atoms with Crippen molar-refractivity contribution in [3.63, 3.8) is 0 Å². The number of hydrogen-bond donors (Lipinski definition) is 1. The number of alkyl halides is 3. The Bertz CT molecular complexity index is 346. The van der Waals surface area contributed by atoms with Gasteiger partial charge < -0.3 is 10.5 Å². The maximum absolute atomic E-state index is 11.9. The van der Waals surface area contributed by atoms with E-state index in [0.29, 0.717) is 10.0 Å². The van der Waals surface area contributed by atoms with E-state index >= 15 is 0 Å². The van der Waals surface area contributed by atoms with Crippen LogP contribution in [0.4, 0.5) is 13.2 Å². The van der Waals surface area contributed by atoms with E-state index in [2.05, 4.69) is 20.7 Å². The quantitative estimate of drug-likeness (QED) is 0.928. The van der Waals surface area contributed by atoms with Gasteiger partial charge in [-0.25, -0.2) is 0 Å². The largest absolute Gasteiger partial charge is 0.484 e. The summed E-state index contributed by atoms with van der Waals surface area (Å²) < 4.78 is 41.0. The predicted molar refractivity (Wildman–Crippen MR) is 60.8 cm³/mol. The van der Waals surface area contributed by atoms with Gasteiger partial charge in [0.25, 0.3) is 0 Å². The molecule has 0 fully saturated rings. The number of rotatable bonds is 3. The highest BCUT2D eigenvalue weighted by molar-refractivity contribution is 9.10. The van der Waals surface area contributed by atoms with Gasteiger partial charge >= 0.3 is 6.18 Å². The van der Waals surface area contributed by atoms with Gasteiger partial charge in [-0.1, -0.05) is 22.0 Å². The van der Waals surface area contributed by atoms with E-state index in [1.807, 2.05) is 0 Å². The van der Waals surface area contributed by atoms with Crippen LogP contribution in [-0.4, -0.2) is 12.8 Å². The molecule has 2 N–H and O–H groups in total. The summed E-state index contributed by atoms with van der Waals surface area (Å²) in [4.78, 5) is 0. The average molecular weight is 321 g/mol. The first-order chi connectivity index (χ1) is 6.92. The van der Waals surface area contributed by atoms with E-state index in [4.69, 9.17) is 5.73 Å². The van der Waals surface area contributed by atoms with Crippen LogP contribution >= 0.6 is 28.3 Å². The molecule has 92 valence electrons. The van der Waals surface area contributed by atoms with Gasteiger partial charge in [0.15, 0.2) is 6.61 Å². The first kappa shape index (κ1) is 15.5. The van der Waals surface area contributed by atoms with Crippen LogP contribution in [0.1, 0.15) is 5.56 Å². The second kappa shape index (κ2) is 6.32. The van der Waals surface area contributed by atoms with Crippen LogP contribution in [0.25, 0.3) is 0 Å². The lowest BCUT2D eigenvalue weighted by Crippen LogP contribution is -2.20. The molecule has 0 aliphatic heterocycles. The standard InChI is InChI=1S/C9H9BrF3NO.ClH/c10-7-2-1-6(4-14)8(3-7)15-5-9(11,12)13;/h1-3H,4-5,14H2;1H. The molecule has 7 heteroatoms. The fourth-order valence-corrected chi connectivity index (χ4v) is 1.33. The highest BCUT2D eigenvalue weighted by atomic mass is 79.9. The van der Waals surface area contributed by atoms with E-state index in [1.54, 1.807) is 12.1 Å². The highest BCUT2D eigenvalue weighted by Crippen LogP contribution is 2.25. The second-order valence-corrected chi connectivity index (χ2v) is 3.78. The fraction of sp³-hybridized carbons (Fsp3) is 0.333. The van der Waals surface area contributed by atoms with Crippen molar-refractivity contribution in [2.45, 2.75) is 12.7 Å². The molecule has 1 aromatic carbocycles. The Morgan fingerprint density at radius 1 is 1.31 bits per heavy atom. The average Bonchev–Trinajstić information content (AvgIpc) is 2.14. The van der Waals surface area contributed by atoms with Crippen LogP contribution in [0.3, 0.4) is 0 Å². The van der Waals surface area contributed by atoms with Gasteiger partial charge in [-0.3, -0.25) is 0 Å². The predicted octanol–water partition coefficient (Wildman–Crippen LogP) is 3.27. The third kappa shape index (κ3) is 5.05. The highest BCUT2D eigenvalue weighted by Gasteiger charge is 2.28. The van der Waals surface area contributed by atoms with Crippen molar-refractivity contribution in [2.24, 2.45) is 5.73 Å². The van der Waals surface area contributed by atoms with E-state index < -0.39 is 12.8 Å². The molecule has 1 rings (SSSR count). The van der Waals surface area contributed by atoms with Crippen molar-refractivity contribution < 1.29 is 17.9 Å². The van der Waals surface area contributed by atoms with Gasteiger partial charge in [0, 0.05) is 16.6 Å². The topological polar surface area (TPSA) is 35.2 Å². The lowest BCUT2D eigenvalue weighted by Gasteiger charge is -2.12. The monoisotopic (exact) mass is 319 g/mol. The molecule has 0 aliphatic rings. The SMILES string of the molecule is Cl.NCc1ccc(Br)cc1OCC(F)(F)F. The summed E-state index contributed by atoms with van der Waals surface area (Å²) in [6.07, 6.45) is -4.34. The van der Waals surface area contributed by atoms with Crippen LogP contribution in [-0.2, 0) is 6.54 Å². The van der Waals surface area contributed by atoms with Crippen molar-refractivity contribution in [1.29, 1.82) is 0 Å². The summed E-state index contributed by atoms with van der Waals surface area (Å²) in [6.45, 7) is -1.17. The zero-order valence-corrected chi connectivity index (χ0v) is 10.5.